The molecule has 0 saturated carbocycles. The van der Waals surface area contributed by atoms with Crippen LogP contribution in [-0.4, -0.2) is 25.8 Å². The van der Waals surface area contributed by atoms with E-state index < -0.39 is 10.0 Å². The fraction of sp³-hybridized carbons (Fsp3) is 0.263. The topological polar surface area (TPSA) is 37.4 Å². The van der Waals surface area contributed by atoms with Crippen molar-refractivity contribution in [3.05, 3.63) is 70.4 Å². The summed E-state index contributed by atoms with van der Waals surface area (Å²) in [5.74, 6) is 0.0256. The van der Waals surface area contributed by atoms with E-state index >= 15 is 0 Å². The van der Waals surface area contributed by atoms with Gasteiger partial charge in [-0.15, -0.1) is 11.3 Å². The van der Waals surface area contributed by atoms with Crippen molar-refractivity contribution in [3.63, 3.8) is 0 Å². The lowest BCUT2D eigenvalue weighted by atomic mass is 9.89. The van der Waals surface area contributed by atoms with Gasteiger partial charge < -0.3 is 0 Å². The van der Waals surface area contributed by atoms with E-state index in [0.717, 1.165) is 11.1 Å². The SMILES string of the molecule is C=C(C)C1CN(S(=O)(=O)c2ccc(C)cc2)CC=C1c1cccs1. The molecule has 1 aliphatic rings. The molecule has 0 saturated heterocycles. The first kappa shape index (κ1) is 17.1. The molecule has 24 heavy (non-hydrogen) atoms. The summed E-state index contributed by atoms with van der Waals surface area (Å²) in [5, 5.41) is 2.04. The molecular weight excluding hydrogens is 338 g/mol. The van der Waals surface area contributed by atoms with Crippen LogP contribution in [0.3, 0.4) is 0 Å². The van der Waals surface area contributed by atoms with Gasteiger partial charge in [0.05, 0.1) is 4.90 Å². The van der Waals surface area contributed by atoms with E-state index in [1.807, 2.05) is 43.5 Å². The molecule has 0 N–H and O–H groups in total. The number of aryl methyl sites for hydroxylation is 1. The Morgan fingerprint density at radius 2 is 1.96 bits per heavy atom. The quantitative estimate of drug-likeness (QED) is 0.762. The minimum atomic E-state index is -3.49. The normalized spacial score (nSPS) is 19.1. The number of nitrogens with zero attached hydrogens (tertiary/aromatic N) is 1. The van der Waals surface area contributed by atoms with E-state index in [1.54, 1.807) is 27.8 Å². The maximum absolute atomic E-state index is 12.9. The van der Waals surface area contributed by atoms with Crippen LogP contribution in [-0.2, 0) is 10.0 Å². The van der Waals surface area contributed by atoms with Gasteiger partial charge in [-0.05, 0) is 43.0 Å². The summed E-state index contributed by atoms with van der Waals surface area (Å²) in [5.41, 5.74) is 3.22. The van der Waals surface area contributed by atoms with Gasteiger partial charge in [-0.2, -0.15) is 4.31 Å². The lowest BCUT2D eigenvalue weighted by Crippen LogP contribution is -2.39. The van der Waals surface area contributed by atoms with Crippen LogP contribution in [0.5, 0.6) is 0 Å². The summed E-state index contributed by atoms with van der Waals surface area (Å²) in [4.78, 5) is 1.54. The second-order valence-electron chi connectivity index (χ2n) is 6.17. The Bertz CT molecular complexity index is 863. The molecule has 0 amide bonds. The lowest BCUT2D eigenvalue weighted by molar-refractivity contribution is 0.409. The van der Waals surface area contributed by atoms with Gasteiger partial charge in [-0.1, -0.05) is 42.0 Å². The van der Waals surface area contributed by atoms with Crippen LogP contribution < -0.4 is 0 Å². The third-order valence-corrected chi connectivity index (χ3v) is 7.10. The predicted molar refractivity (Wildman–Crippen MR) is 101 cm³/mol. The molecule has 0 aliphatic carbocycles. The zero-order valence-corrected chi connectivity index (χ0v) is 15.5. The molecule has 2 aromatic rings. The van der Waals surface area contributed by atoms with Crippen molar-refractivity contribution in [1.82, 2.24) is 4.31 Å². The van der Waals surface area contributed by atoms with Gasteiger partial charge in [0.2, 0.25) is 10.0 Å². The monoisotopic (exact) mass is 359 g/mol. The summed E-state index contributed by atoms with van der Waals surface area (Å²) in [6.45, 7) is 8.83. The Labute approximate surface area is 148 Å². The Morgan fingerprint density at radius 1 is 1.25 bits per heavy atom. The molecule has 126 valence electrons. The summed E-state index contributed by atoms with van der Waals surface area (Å²) in [7, 11) is -3.49. The van der Waals surface area contributed by atoms with Crippen molar-refractivity contribution in [2.75, 3.05) is 13.1 Å². The highest BCUT2D eigenvalue weighted by Gasteiger charge is 2.32. The molecule has 3 nitrogen and oxygen atoms in total. The molecule has 0 radical (unpaired) electrons. The Kier molecular flexibility index (Phi) is 4.76. The van der Waals surface area contributed by atoms with E-state index in [0.29, 0.717) is 18.0 Å². The first-order valence-electron chi connectivity index (χ1n) is 7.86. The van der Waals surface area contributed by atoms with Crippen LogP contribution >= 0.6 is 11.3 Å². The van der Waals surface area contributed by atoms with E-state index in [1.165, 1.54) is 10.5 Å². The van der Waals surface area contributed by atoms with Crippen LogP contribution in [0.4, 0.5) is 0 Å². The van der Waals surface area contributed by atoms with E-state index in [-0.39, 0.29) is 5.92 Å². The minimum absolute atomic E-state index is 0.0256. The number of thiophene rings is 1. The van der Waals surface area contributed by atoms with Crippen molar-refractivity contribution in [1.29, 1.82) is 0 Å². The van der Waals surface area contributed by atoms with Crippen molar-refractivity contribution in [2.24, 2.45) is 5.92 Å². The molecule has 2 heterocycles. The fourth-order valence-electron chi connectivity index (χ4n) is 2.91. The van der Waals surface area contributed by atoms with Gasteiger partial charge in [0.15, 0.2) is 0 Å². The maximum Gasteiger partial charge on any atom is 0.243 e. The summed E-state index contributed by atoms with van der Waals surface area (Å²) in [6.07, 6.45) is 2.03. The lowest BCUT2D eigenvalue weighted by Gasteiger charge is -2.32. The van der Waals surface area contributed by atoms with Gasteiger partial charge >= 0.3 is 0 Å². The number of benzene rings is 1. The third-order valence-electron chi connectivity index (χ3n) is 4.34. The summed E-state index contributed by atoms with van der Waals surface area (Å²) >= 11 is 1.68. The van der Waals surface area contributed by atoms with E-state index in [4.69, 9.17) is 0 Å². The molecule has 0 spiro atoms. The average Bonchev–Trinajstić information content (AvgIpc) is 3.09. The first-order valence-corrected chi connectivity index (χ1v) is 10.2. The van der Waals surface area contributed by atoms with Crippen LogP contribution in [0.2, 0.25) is 0 Å². The zero-order chi connectivity index (χ0) is 17.3. The highest BCUT2D eigenvalue weighted by molar-refractivity contribution is 7.89. The van der Waals surface area contributed by atoms with Gasteiger partial charge in [0.1, 0.15) is 0 Å². The highest BCUT2D eigenvalue weighted by atomic mass is 32.2. The van der Waals surface area contributed by atoms with Crippen LogP contribution in [0.25, 0.3) is 5.57 Å². The van der Waals surface area contributed by atoms with Crippen LogP contribution in [0.15, 0.2) is 64.9 Å². The van der Waals surface area contributed by atoms with Crippen molar-refractivity contribution in [2.45, 2.75) is 18.7 Å². The smallest absolute Gasteiger partial charge is 0.207 e. The Morgan fingerprint density at radius 3 is 2.54 bits per heavy atom. The number of sulfonamides is 1. The first-order chi connectivity index (χ1) is 11.4. The van der Waals surface area contributed by atoms with Gasteiger partial charge in [0, 0.05) is 23.9 Å². The largest absolute Gasteiger partial charge is 0.243 e. The minimum Gasteiger partial charge on any atom is -0.207 e. The zero-order valence-electron chi connectivity index (χ0n) is 13.9. The van der Waals surface area contributed by atoms with Crippen molar-refractivity contribution in [3.8, 4) is 0 Å². The van der Waals surface area contributed by atoms with E-state index in [2.05, 4.69) is 12.6 Å². The Hall–Kier alpha value is -1.69. The highest BCUT2D eigenvalue weighted by Crippen LogP contribution is 2.36. The molecule has 1 aromatic carbocycles. The molecule has 1 aromatic heterocycles. The van der Waals surface area contributed by atoms with Gasteiger partial charge in [-0.25, -0.2) is 8.42 Å². The summed E-state index contributed by atoms with van der Waals surface area (Å²) < 4.78 is 27.4. The Balaban J connectivity index is 1.94. The molecule has 5 heteroatoms. The molecule has 1 aliphatic heterocycles. The molecule has 1 atom stereocenters. The van der Waals surface area contributed by atoms with Crippen molar-refractivity contribution < 1.29 is 8.42 Å². The molecule has 1 unspecified atom stereocenters. The molecule has 0 bridgehead atoms. The summed E-state index contributed by atoms with van der Waals surface area (Å²) in [6, 6.07) is 11.1. The second kappa shape index (κ2) is 6.67. The predicted octanol–water partition coefficient (Wildman–Crippen LogP) is 4.34. The maximum atomic E-state index is 12.9. The van der Waals surface area contributed by atoms with Crippen LogP contribution in [0.1, 0.15) is 17.4 Å². The van der Waals surface area contributed by atoms with Crippen LogP contribution in [0, 0.1) is 12.8 Å². The standard InChI is InChI=1S/C19H21NO2S2/c1-14(2)18-13-20(11-10-17(18)19-5-4-12-23-19)24(21,22)16-8-6-15(3)7-9-16/h4-10,12,18H,1,11,13H2,2-3H3. The number of hydrogen-bond acceptors (Lipinski definition) is 3. The third kappa shape index (κ3) is 3.24. The molecule has 3 rings (SSSR count). The number of hydrogen-bond donors (Lipinski definition) is 0. The van der Waals surface area contributed by atoms with Crippen molar-refractivity contribution >= 4 is 26.9 Å². The van der Waals surface area contributed by atoms with Gasteiger partial charge in [-0.3, -0.25) is 0 Å². The fourth-order valence-corrected chi connectivity index (χ4v) is 5.13. The van der Waals surface area contributed by atoms with E-state index in [9.17, 15) is 8.42 Å². The van der Waals surface area contributed by atoms with Gasteiger partial charge in [0.25, 0.3) is 0 Å². The average molecular weight is 360 g/mol. The molecule has 0 fully saturated rings. The molecular formula is C19H21NO2S2. The number of rotatable bonds is 4. The second-order valence-corrected chi connectivity index (χ2v) is 9.06.